The highest BCUT2D eigenvalue weighted by molar-refractivity contribution is 6.31. The van der Waals surface area contributed by atoms with Crippen molar-refractivity contribution in [1.82, 2.24) is 5.32 Å². The van der Waals surface area contributed by atoms with Gasteiger partial charge in [0.25, 0.3) is 0 Å². The summed E-state index contributed by atoms with van der Waals surface area (Å²) >= 11 is 6.05. The van der Waals surface area contributed by atoms with Gasteiger partial charge < -0.3 is 10.4 Å². The van der Waals surface area contributed by atoms with Crippen molar-refractivity contribution in [2.45, 2.75) is 50.2 Å². The minimum atomic E-state index is -0.928. The zero-order chi connectivity index (χ0) is 15.3. The quantitative estimate of drug-likeness (QED) is 0.897. The summed E-state index contributed by atoms with van der Waals surface area (Å²) in [6.45, 7) is 0. The maximum absolute atomic E-state index is 12.1. The van der Waals surface area contributed by atoms with E-state index < -0.39 is 11.6 Å². The van der Waals surface area contributed by atoms with Gasteiger partial charge in [0.15, 0.2) is 0 Å². The van der Waals surface area contributed by atoms with Gasteiger partial charge in [-0.1, -0.05) is 49.1 Å². The summed E-state index contributed by atoms with van der Waals surface area (Å²) in [7, 11) is 0. The van der Waals surface area contributed by atoms with E-state index in [-0.39, 0.29) is 12.3 Å². The molecule has 0 radical (unpaired) electrons. The van der Waals surface area contributed by atoms with Gasteiger partial charge in [0.1, 0.15) is 6.04 Å². The lowest BCUT2D eigenvalue weighted by Gasteiger charge is -2.31. The third kappa shape index (κ3) is 4.20. The first-order valence-electron chi connectivity index (χ1n) is 7.20. The highest BCUT2D eigenvalue weighted by Gasteiger charge is 2.32. The second-order valence-corrected chi connectivity index (χ2v) is 6.02. The van der Waals surface area contributed by atoms with Gasteiger partial charge >= 0.3 is 0 Å². The summed E-state index contributed by atoms with van der Waals surface area (Å²) < 4.78 is 0. The van der Waals surface area contributed by atoms with Crippen molar-refractivity contribution in [2.24, 2.45) is 0 Å². The lowest BCUT2D eigenvalue weighted by atomic mass is 9.82. The van der Waals surface area contributed by atoms with Crippen LogP contribution in [0.2, 0.25) is 5.02 Å². The number of nitrogens with one attached hydrogen (secondary N) is 1. The van der Waals surface area contributed by atoms with Crippen LogP contribution in [-0.2, 0) is 4.79 Å². The molecule has 2 N–H and O–H groups in total. The molecule has 2 rings (SSSR count). The maximum Gasteiger partial charge on any atom is 0.224 e. The van der Waals surface area contributed by atoms with E-state index in [0.29, 0.717) is 23.4 Å². The molecule has 1 aromatic carbocycles. The van der Waals surface area contributed by atoms with E-state index in [2.05, 4.69) is 5.32 Å². The fraction of sp³-hybridized carbons (Fsp3) is 0.500. The molecule has 0 spiro atoms. The Morgan fingerprint density at radius 1 is 1.38 bits per heavy atom. The number of carbonyl (C=O) groups excluding carboxylic acids is 1. The first kappa shape index (κ1) is 15.8. The Labute approximate surface area is 129 Å². The monoisotopic (exact) mass is 306 g/mol. The van der Waals surface area contributed by atoms with Crippen molar-refractivity contribution in [3.8, 4) is 6.07 Å². The van der Waals surface area contributed by atoms with Gasteiger partial charge in [-0.3, -0.25) is 4.79 Å². The largest absolute Gasteiger partial charge is 0.389 e. The standard InChI is InChI=1S/C16H19ClN2O2/c17-13-7-3-2-6-12(13)14(11-18)19-15(20)10-16(21)8-4-1-5-9-16/h2-3,6-7,14,21H,1,4-5,8-10H2,(H,19,20). The number of rotatable bonds is 4. The molecule has 1 fully saturated rings. The Hall–Kier alpha value is -1.57. The summed E-state index contributed by atoms with van der Waals surface area (Å²) in [6, 6.07) is 8.19. The van der Waals surface area contributed by atoms with Gasteiger partial charge in [-0.2, -0.15) is 5.26 Å². The van der Waals surface area contributed by atoms with Crippen molar-refractivity contribution >= 4 is 17.5 Å². The van der Waals surface area contributed by atoms with Crippen LogP contribution in [0, 0.1) is 11.3 Å². The summed E-state index contributed by atoms with van der Waals surface area (Å²) in [5.41, 5.74) is -0.353. The van der Waals surface area contributed by atoms with Crippen LogP contribution in [0.25, 0.3) is 0 Å². The van der Waals surface area contributed by atoms with Crippen LogP contribution in [0.4, 0.5) is 0 Å². The number of aliphatic hydroxyl groups is 1. The third-order valence-electron chi connectivity index (χ3n) is 3.92. The van der Waals surface area contributed by atoms with Crippen LogP contribution in [-0.4, -0.2) is 16.6 Å². The van der Waals surface area contributed by atoms with Crippen molar-refractivity contribution in [1.29, 1.82) is 5.26 Å². The predicted molar refractivity (Wildman–Crippen MR) is 80.6 cm³/mol. The Kier molecular flexibility index (Phi) is 5.22. The van der Waals surface area contributed by atoms with E-state index in [9.17, 15) is 15.2 Å². The normalized spacial score (nSPS) is 18.5. The van der Waals surface area contributed by atoms with Crippen LogP contribution in [0.3, 0.4) is 0 Å². The molecule has 4 nitrogen and oxygen atoms in total. The lowest BCUT2D eigenvalue weighted by Crippen LogP contribution is -2.39. The smallest absolute Gasteiger partial charge is 0.224 e. The molecule has 1 aliphatic rings. The number of benzene rings is 1. The Morgan fingerprint density at radius 3 is 2.67 bits per heavy atom. The Bertz CT molecular complexity index is 547. The molecule has 0 aromatic heterocycles. The summed E-state index contributed by atoms with van der Waals surface area (Å²) in [4.78, 5) is 12.1. The maximum atomic E-state index is 12.1. The van der Waals surface area contributed by atoms with E-state index in [0.717, 1.165) is 19.3 Å². The lowest BCUT2D eigenvalue weighted by molar-refractivity contribution is -0.127. The summed E-state index contributed by atoms with van der Waals surface area (Å²) in [6.07, 6.45) is 4.30. The van der Waals surface area contributed by atoms with Crippen LogP contribution >= 0.6 is 11.6 Å². The molecular formula is C16H19ClN2O2. The van der Waals surface area contributed by atoms with Crippen molar-refractivity contribution in [3.63, 3.8) is 0 Å². The van der Waals surface area contributed by atoms with Crippen LogP contribution in [0.5, 0.6) is 0 Å². The van der Waals surface area contributed by atoms with Crippen molar-refractivity contribution in [3.05, 3.63) is 34.9 Å². The number of carbonyl (C=O) groups is 1. The van der Waals surface area contributed by atoms with Gasteiger partial charge in [-0.05, 0) is 18.9 Å². The first-order valence-corrected chi connectivity index (χ1v) is 7.58. The SMILES string of the molecule is N#CC(NC(=O)CC1(O)CCCCC1)c1ccccc1Cl. The molecule has 21 heavy (non-hydrogen) atoms. The van der Waals surface area contributed by atoms with E-state index in [1.54, 1.807) is 24.3 Å². The molecule has 0 bridgehead atoms. The van der Waals surface area contributed by atoms with Gasteiger partial charge in [0.2, 0.25) is 5.91 Å². The Morgan fingerprint density at radius 2 is 2.05 bits per heavy atom. The third-order valence-corrected chi connectivity index (χ3v) is 4.27. The van der Waals surface area contributed by atoms with Crippen LogP contribution in [0.15, 0.2) is 24.3 Å². The van der Waals surface area contributed by atoms with E-state index in [1.165, 1.54) is 0 Å². The van der Waals surface area contributed by atoms with E-state index >= 15 is 0 Å². The van der Waals surface area contributed by atoms with Gasteiger partial charge in [-0.25, -0.2) is 0 Å². The summed E-state index contributed by atoms with van der Waals surface area (Å²) in [5.74, 6) is -0.314. The zero-order valence-corrected chi connectivity index (χ0v) is 12.6. The summed E-state index contributed by atoms with van der Waals surface area (Å²) in [5, 5.41) is 22.7. The molecule has 0 saturated heterocycles. The molecule has 0 aliphatic heterocycles. The molecule has 5 heteroatoms. The van der Waals surface area contributed by atoms with Crippen molar-refractivity contribution in [2.75, 3.05) is 0 Å². The highest BCUT2D eigenvalue weighted by atomic mass is 35.5. The van der Waals surface area contributed by atoms with E-state index in [4.69, 9.17) is 11.6 Å². The topological polar surface area (TPSA) is 73.1 Å². The fourth-order valence-electron chi connectivity index (χ4n) is 2.79. The zero-order valence-electron chi connectivity index (χ0n) is 11.8. The minimum absolute atomic E-state index is 0.0373. The number of nitriles is 1. The molecular weight excluding hydrogens is 288 g/mol. The second kappa shape index (κ2) is 6.93. The molecule has 1 aromatic rings. The highest BCUT2D eigenvalue weighted by Crippen LogP contribution is 2.31. The van der Waals surface area contributed by atoms with Crippen molar-refractivity contribution < 1.29 is 9.90 Å². The molecule has 1 aliphatic carbocycles. The molecule has 0 heterocycles. The molecule has 1 saturated carbocycles. The first-order chi connectivity index (χ1) is 10.0. The van der Waals surface area contributed by atoms with Gasteiger partial charge in [0, 0.05) is 10.6 Å². The number of hydrogen-bond donors (Lipinski definition) is 2. The fourth-order valence-corrected chi connectivity index (χ4v) is 3.03. The predicted octanol–water partition coefficient (Wildman–Crippen LogP) is 3.11. The average molecular weight is 307 g/mol. The Balaban J connectivity index is 2.01. The van der Waals surface area contributed by atoms with Gasteiger partial charge in [0.05, 0.1) is 18.1 Å². The average Bonchev–Trinajstić information content (AvgIpc) is 2.46. The van der Waals surface area contributed by atoms with Crippen LogP contribution < -0.4 is 5.32 Å². The molecule has 1 amide bonds. The number of amides is 1. The van der Waals surface area contributed by atoms with Gasteiger partial charge in [-0.15, -0.1) is 0 Å². The molecule has 1 unspecified atom stereocenters. The second-order valence-electron chi connectivity index (χ2n) is 5.61. The van der Waals surface area contributed by atoms with E-state index in [1.807, 2.05) is 6.07 Å². The minimum Gasteiger partial charge on any atom is -0.389 e. The molecule has 112 valence electrons. The number of nitrogens with zero attached hydrogens (tertiary/aromatic N) is 1. The molecule has 1 atom stereocenters. The number of hydrogen-bond acceptors (Lipinski definition) is 3. The van der Waals surface area contributed by atoms with Crippen LogP contribution in [0.1, 0.15) is 50.1 Å². The number of halogens is 1.